The Morgan fingerprint density at radius 2 is 1.89 bits per heavy atom. The molecule has 1 aromatic rings. The number of amides is 2. The molecule has 5 nitrogen and oxygen atoms in total. The van der Waals surface area contributed by atoms with Crippen molar-refractivity contribution >= 4 is 17.5 Å². The van der Waals surface area contributed by atoms with Crippen molar-refractivity contribution in [2.45, 2.75) is 32.9 Å². The van der Waals surface area contributed by atoms with E-state index in [1.54, 1.807) is 0 Å². The Labute approximate surface area is 107 Å². The lowest BCUT2D eigenvalue weighted by Gasteiger charge is -2.12. The van der Waals surface area contributed by atoms with Gasteiger partial charge in [0.2, 0.25) is 11.8 Å². The van der Waals surface area contributed by atoms with Gasteiger partial charge in [-0.3, -0.25) is 9.59 Å². The Balaban J connectivity index is 2.43. The summed E-state index contributed by atoms with van der Waals surface area (Å²) in [6.45, 7) is 4.05. The molecule has 98 valence electrons. The average molecular weight is 249 g/mol. The van der Waals surface area contributed by atoms with Crippen molar-refractivity contribution in [1.82, 2.24) is 5.32 Å². The van der Waals surface area contributed by atoms with E-state index < -0.39 is 0 Å². The third-order valence-electron chi connectivity index (χ3n) is 2.44. The Hall–Kier alpha value is -1.88. The highest BCUT2D eigenvalue weighted by molar-refractivity contribution is 5.88. The van der Waals surface area contributed by atoms with Crippen LogP contribution in [0.25, 0.3) is 0 Å². The minimum Gasteiger partial charge on any atom is -0.370 e. The van der Waals surface area contributed by atoms with Crippen molar-refractivity contribution in [3.05, 3.63) is 29.8 Å². The van der Waals surface area contributed by atoms with Gasteiger partial charge in [-0.2, -0.15) is 0 Å². The molecule has 4 N–H and O–H groups in total. The van der Waals surface area contributed by atoms with Gasteiger partial charge < -0.3 is 16.4 Å². The Kier molecular flexibility index (Phi) is 5.32. The highest BCUT2D eigenvalue weighted by atomic mass is 16.1. The van der Waals surface area contributed by atoms with E-state index in [-0.39, 0.29) is 17.9 Å². The zero-order valence-electron chi connectivity index (χ0n) is 10.7. The molecule has 0 aromatic heterocycles. The summed E-state index contributed by atoms with van der Waals surface area (Å²) in [7, 11) is 0. The molecular formula is C13H19N3O2. The third-order valence-corrected chi connectivity index (χ3v) is 2.44. The van der Waals surface area contributed by atoms with E-state index in [4.69, 9.17) is 5.73 Å². The summed E-state index contributed by atoms with van der Waals surface area (Å²) in [5.41, 5.74) is 6.97. The predicted octanol–water partition coefficient (Wildman–Crippen LogP) is 0.998. The number of nitrogens with two attached hydrogens (primary N) is 1. The van der Waals surface area contributed by atoms with Gasteiger partial charge in [0.25, 0.3) is 0 Å². The van der Waals surface area contributed by atoms with Crippen LogP contribution in [0.4, 0.5) is 5.69 Å². The van der Waals surface area contributed by atoms with Crippen molar-refractivity contribution in [2.75, 3.05) is 5.32 Å². The quantitative estimate of drug-likeness (QED) is 0.703. The summed E-state index contributed by atoms with van der Waals surface area (Å²) in [5.74, 6) is -0.396. The molecule has 0 aliphatic rings. The van der Waals surface area contributed by atoms with E-state index in [0.29, 0.717) is 13.0 Å². The average Bonchev–Trinajstić information content (AvgIpc) is 2.26. The second kappa shape index (κ2) is 6.76. The molecule has 0 radical (unpaired) electrons. The molecule has 2 amide bonds. The molecule has 1 atom stereocenters. The number of benzene rings is 1. The molecule has 5 heteroatoms. The van der Waals surface area contributed by atoms with E-state index in [2.05, 4.69) is 10.6 Å². The van der Waals surface area contributed by atoms with Gasteiger partial charge in [0.15, 0.2) is 0 Å². The van der Waals surface area contributed by atoms with E-state index in [9.17, 15) is 9.59 Å². The van der Waals surface area contributed by atoms with Crippen LogP contribution in [0.5, 0.6) is 0 Å². The molecule has 0 aliphatic heterocycles. The fourth-order valence-corrected chi connectivity index (χ4v) is 1.58. The van der Waals surface area contributed by atoms with Crippen LogP contribution in [0, 0.1) is 0 Å². The Bertz CT molecular complexity index is 415. The standard InChI is InChI=1S/C13H19N3O2/c1-9(7-13(14)18)15-8-11-3-5-12(6-4-11)16-10(2)17/h3-6,9,15H,7-8H2,1-2H3,(H2,14,18)(H,16,17). The number of anilines is 1. The molecule has 0 fully saturated rings. The molecule has 0 heterocycles. The smallest absolute Gasteiger partial charge is 0.221 e. The van der Waals surface area contributed by atoms with Crippen molar-refractivity contribution < 1.29 is 9.59 Å². The summed E-state index contributed by atoms with van der Waals surface area (Å²) in [6, 6.07) is 7.59. The molecule has 0 saturated heterocycles. The van der Waals surface area contributed by atoms with Crippen LogP contribution in [0.2, 0.25) is 0 Å². The largest absolute Gasteiger partial charge is 0.370 e. The van der Waals surface area contributed by atoms with Crippen molar-refractivity contribution in [3.63, 3.8) is 0 Å². The first-order chi connectivity index (χ1) is 8.47. The van der Waals surface area contributed by atoms with Crippen LogP contribution in [0.1, 0.15) is 25.8 Å². The van der Waals surface area contributed by atoms with Crippen molar-refractivity contribution in [1.29, 1.82) is 0 Å². The fraction of sp³-hybridized carbons (Fsp3) is 0.385. The van der Waals surface area contributed by atoms with Crippen LogP contribution in [0.15, 0.2) is 24.3 Å². The maximum Gasteiger partial charge on any atom is 0.221 e. The monoisotopic (exact) mass is 249 g/mol. The molecule has 18 heavy (non-hydrogen) atoms. The van der Waals surface area contributed by atoms with Gasteiger partial charge in [0.1, 0.15) is 0 Å². The van der Waals surface area contributed by atoms with Crippen LogP contribution < -0.4 is 16.4 Å². The highest BCUT2D eigenvalue weighted by Gasteiger charge is 2.05. The van der Waals surface area contributed by atoms with Gasteiger partial charge in [-0.1, -0.05) is 12.1 Å². The summed E-state index contributed by atoms with van der Waals surface area (Å²) in [6.07, 6.45) is 0.323. The lowest BCUT2D eigenvalue weighted by molar-refractivity contribution is -0.118. The second-order valence-electron chi connectivity index (χ2n) is 4.33. The number of carbonyl (C=O) groups excluding carboxylic acids is 2. The maximum atomic E-state index is 10.8. The van der Waals surface area contributed by atoms with Gasteiger partial charge in [-0.15, -0.1) is 0 Å². The minimum atomic E-state index is -0.309. The molecule has 0 saturated carbocycles. The predicted molar refractivity (Wildman–Crippen MR) is 70.9 cm³/mol. The van der Waals surface area contributed by atoms with Crippen LogP contribution >= 0.6 is 0 Å². The second-order valence-corrected chi connectivity index (χ2v) is 4.33. The van der Waals surface area contributed by atoms with E-state index in [1.165, 1.54) is 6.92 Å². The van der Waals surface area contributed by atoms with Crippen LogP contribution in [0.3, 0.4) is 0 Å². The van der Waals surface area contributed by atoms with Gasteiger partial charge in [0, 0.05) is 31.6 Å². The van der Waals surface area contributed by atoms with Crippen molar-refractivity contribution in [2.24, 2.45) is 5.73 Å². The summed E-state index contributed by atoms with van der Waals surface area (Å²) >= 11 is 0. The zero-order chi connectivity index (χ0) is 13.5. The number of primary amides is 1. The molecule has 0 spiro atoms. The van der Waals surface area contributed by atoms with Gasteiger partial charge in [-0.05, 0) is 24.6 Å². The topological polar surface area (TPSA) is 84.2 Å². The minimum absolute atomic E-state index is 0.0533. The number of nitrogens with one attached hydrogen (secondary N) is 2. The van der Waals surface area contributed by atoms with Crippen LogP contribution in [-0.2, 0) is 16.1 Å². The number of hydrogen-bond donors (Lipinski definition) is 3. The highest BCUT2D eigenvalue weighted by Crippen LogP contribution is 2.09. The first kappa shape index (κ1) is 14.2. The molecule has 1 rings (SSSR count). The molecular weight excluding hydrogens is 230 g/mol. The first-order valence-corrected chi connectivity index (χ1v) is 5.85. The Morgan fingerprint density at radius 3 is 2.39 bits per heavy atom. The van der Waals surface area contributed by atoms with Gasteiger partial charge >= 0.3 is 0 Å². The lowest BCUT2D eigenvalue weighted by Crippen LogP contribution is -2.30. The summed E-state index contributed by atoms with van der Waals surface area (Å²) in [5, 5.41) is 5.90. The number of hydrogen-bond acceptors (Lipinski definition) is 3. The first-order valence-electron chi connectivity index (χ1n) is 5.85. The number of rotatable bonds is 6. The molecule has 0 aliphatic carbocycles. The molecule has 1 aromatic carbocycles. The summed E-state index contributed by atoms with van der Waals surface area (Å²) in [4.78, 5) is 21.6. The van der Waals surface area contributed by atoms with E-state index in [0.717, 1.165) is 11.3 Å². The number of carbonyl (C=O) groups is 2. The fourth-order valence-electron chi connectivity index (χ4n) is 1.58. The Morgan fingerprint density at radius 1 is 1.28 bits per heavy atom. The van der Waals surface area contributed by atoms with Crippen LogP contribution in [-0.4, -0.2) is 17.9 Å². The molecule has 1 unspecified atom stereocenters. The van der Waals surface area contributed by atoms with E-state index >= 15 is 0 Å². The zero-order valence-corrected chi connectivity index (χ0v) is 10.7. The normalized spacial score (nSPS) is 11.9. The SMILES string of the molecule is CC(=O)Nc1ccc(CNC(C)CC(N)=O)cc1. The van der Waals surface area contributed by atoms with Gasteiger partial charge in [-0.25, -0.2) is 0 Å². The molecule has 0 bridgehead atoms. The lowest BCUT2D eigenvalue weighted by atomic mass is 10.1. The van der Waals surface area contributed by atoms with E-state index in [1.807, 2.05) is 31.2 Å². The summed E-state index contributed by atoms with van der Waals surface area (Å²) < 4.78 is 0. The van der Waals surface area contributed by atoms with Crippen molar-refractivity contribution in [3.8, 4) is 0 Å². The van der Waals surface area contributed by atoms with Gasteiger partial charge in [0.05, 0.1) is 0 Å². The third kappa shape index (κ3) is 5.45. The maximum absolute atomic E-state index is 10.8.